The second-order valence-electron chi connectivity index (χ2n) is 4.94. The smallest absolute Gasteiger partial charge is 0.0732 e. The lowest BCUT2D eigenvalue weighted by atomic mass is 9.64. The summed E-state index contributed by atoms with van der Waals surface area (Å²) >= 11 is 0. The van der Waals surface area contributed by atoms with Crippen molar-refractivity contribution in [3.05, 3.63) is 0 Å². The van der Waals surface area contributed by atoms with Crippen LogP contribution in [0.5, 0.6) is 0 Å². The number of ether oxygens (including phenoxy) is 1. The van der Waals surface area contributed by atoms with E-state index in [4.69, 9.17) is 10.5 Å². The maximum absolute atomic E-state index is 10.5. The summed E-state index contributed by atoms with van der Waals surface area (Å²) in [6.07, 6.45) is 1.97. The molecule has 2 atom stereocenters. The highest BCUT2D eigenvalue weighted by molar-refractivity contribution is 4.99. The van der Waals surface area contributed by atoms with Gasteiger partial charge in [0.15, 0.2) is 0 Å². The third kappa shape index (κ3) is 1.81. The summed E-state index contributed by atoms with van der Waals surface area (Å²) in [5, 5.41) is 10.5. The molecule has 0 radical (unpaired) electrons. The number of nitrogens with two attached hydrogens (primary N) is 1. The van der Waals surface area contributed by atoms with Gasteiger partial charge in [-0.2, -0.15) is 0 Å². The van der Waals surface area contributed by atoms with E-state index in [1.54, 1.807) is 0 Å². The minimum absolute atomic E-state index is 0.202. The first-order chi connectivity index (χ1) is 6.46. The molecule has 0 spiro atoms. The van der Waals surface area contributed by atoms with E-state index >= 15 is 0 Å². The fraction of sp³-hybridized carbons (Fsp3) is 1.00. The van der Waals surface area contributed by atoms with Gasteiger partial charge < -0.3 is 15.6 Å². The predicted molar refractivity (Wildman–Crippen MR) is 57.0 cm³/mol. The molecule has 1 fully saturated rings. The van der Waals surface area contributed by atoms with Crippen LogP contribution in [0, 0.1) is 11.3 Å². The maximum Gasteiger partial charge on any atom is 0.0732 e. The van der Waals surface area contributed by atoms with E-state index in [0.717, 1.165) is 19.4 Å². The molecular formula is C11H23NO2. The van der Waals surface area contributed by atoms with Crippen LogP contribution in [0.3, 0.4) is 0 Å². The highest BCUT2D eigenvalue weighted by atomic mass is 16.5. The first kappa shape index (κ1) is 12.0. The van der Waals surface area contributed by atoms with Gasteiger partial charge in [0.2, 0.25) is 0 Å². The Bertz CT molecular complexity index is 184. The summed E-state index contributed by atoms with van der Waals surface area (Å²) in [5.41, 5.74) is 4.84. The Hall–Kier alpha value is -0.120. The monoisotopic (exact) mass is 201 g/mol. The van der Waals surface area contributed by atoms with Crippen LogP contribution in [0.25, 0.3) is 0 Å². The Morgan fingerprint density at radius 3 is 2.57 bits per heavy atom. The van der Waals surface area contributed by atoms with Gasteiger partial charge in [0.05, 0.1) is 12.2 Å². The van der Waals surface area contributed by atoms with E-state index in [9.17, 15) is 5.11 Å². The Morgan fingerprint density at radius 1 is 1.57 bits per heavy atom. The summed E-state index contributed by atoms with van der Waals surface area (Å²) in [5.74, 6) is 0.202. The van der Waals surface area contributed by atoms with Crippen molar-refractivity contribution in [2.24, 2.45) is 17.1 Å². The van der Waals surface area contributed by atoms with E-state index in [2.05, 4.69) is 0 Å². The van der Waals surface area contributed by atoms with Gasteiger partial charge in [0.1, 0.15) is 0 Å². The zero-order valence-corrected chi connectivity index (χ0v) is 9.55. The first-order valence-electron chi connectivity index (χ1n) is 5.46. The van der Waals surface area contributed by atoms with E-state index in [1.165, 1.54) is 0 Å². The van der Waals surface area contributed by atoms with Gasteiger partial charge in [0, 0.05) is 18.6 Å². The maximum atomic E-state index is 10.5. The van der Waals surface area contributed by atoms with Crippen LogP contribution in [0.1, 0.15) is 33.6 Å². The van der Waals surface area contributed by atoms with Gasteiger partial charge in [-0.05, 0) is 25.7 Å². The van der Waals surface area contributed by atoms with Crippen molar-refractivity contribution in [3.8, 4) is 0 Å². The van der Waals surface area contributed by atoms with Crippen molar-refractivity contribution < 1.29 is 9.84 Å². The molecule has 14 heavy (non-hydrogen) atoms. The lowest BCUT2D eigenvalue weighted by Gasteiger charge is -2.49. The second-order valence-corrected chi connectivity index (χ2v) is 4.94. The highest BCUT2D eigenvalue weighted by Gasteiger charge is 2.48. The SMILES string of the molecule is CC(C)C(C)(O)C1(CN)CCCOC1. The minimum Gasteiger partial charge on any atom is -0.389 e. The molecule has 0 aromatic heterocycles. The van der Waals surface area contributed by atoms with Crippen molar-refractivity contribution in [3.63, 3.8) is 0 Å². The van der Waals surface area contributed by atoms with Crippen LogP contribution in [0.4, 0.5) is 0 Å². The number of hydrogen-bond acceptors (Lipinski definition) is 3. The van der Waals surface area contributed by atoms with Crippen molar-refractivity contribution in [1.29, 1.82) is 0 Å². The van der Waals surface area contributed by atoms with Crippen molar-refractivity contribution in [1.82, 2.24) is 0 Å². The minimum atomic E-state index is -0.734. The second kappa shape index (κ2) is 4.17. The van der Waals surface area contributed by atoms with Crippen molar-refractivity contribution >= 4 is 0 Å². The van der Waals surface area contributed by atoms with E-state index in [0.29, 0.717) is 13.2 Å². The molecule has 0 aromatic rings. The van der Waals surface area contributed by atoms with Gasteiger partial charge in [-0.1, -0.05) is 13.8 Å². The van der Waals surface area contributed by atoms with Crippen LogP contribution in [-0.4, -0.2) is 30.5 Å². The molecule has 3 N–H and O–H groups in total. The molecule has 1 heterocycles. The van der Waals surface area contributed by atoms with Crippen molar-refractivity contribution in [2.45, 2.75) is 39.2 Å². The number of aliphatic hydroxyl groups is 1. The van der Waals surface area contributed by atoms with E-state index in [1.807, 2.05) is 20.8 Å². The van der Waals surface area contributed by atoms with E-state index < -0.39 is 5.60 Å². The molecule has 3 heteroatoms. The molecule has 0 aliphatic carbocycles. The Labute approximate surface area is 86.6 Å². The fourth-order valence-electron chi connectivity index (χ4n) is 2.23. The fourth-order valence-corrected chi connectivity index (χ4v) is 2.23. The van der Waals surface area contributed by atoms with Crippen molar-refractivity contribution in [2.75, 3.05) is 19.8 Å². The molecule has 1 aliphatic rings. The quantitative estimate of drug-likeness (QED) is 0.720. The zero-order valence-electron chi connectivity index (χ0n) is 9.55. The summed E-state index contributed by atoms with van der Waals surface area (Å²) in [6.45, 7) is 7.85. The Balaban J connectivity index is 2.86. The van der Waals surface area contributed by atoms with Crippen LogP contribution >= 0.6 is 0 Å². The Kier molecular flexibility index (Phi) is 3.56. The van der Waals surface area contributed by atoms with Crippen LogP contribution in [0.15, 0.2) is 0 Å². The number of rotatable bonds is 3. The molecule has 1 aliphatic heterocycles. The van der Waals surface area contributed by atoms with Gasteiger partial charge in [-0.3, -0.25) is 0 Å². The number of hydrogen-bond donors (Lipinski definition) is 2. The standard InChI is InChI=1S/C11H23NO2/c1-9(2)10(3,13)11(7-12)5-4-6-14-8-11/h9,13H,4-8,12H2,1-3H3. The summed E-state index contributed by atoms with van der Waals surface area (Å²) in [6, 6.07) is 0. The van der Waals surface area contributed by atoms with E-state index in [-0.39, 0.29) is 11.3 Å². The zero-order chi connectivity index (χ0) is 10.8. The average Bonchev–Trinajstić information content (AvgIpc) is 2.18. The molecule has 0 amide bonds. The molecule has 0 aromatic carbocycles. The molecule has 0 bridgehead atoms. The normalized spacial score (nSPS) is 33.0. The van der Waals surface area contributed by atoms with Gasteiger partial charge >= 0.3 is 0 Å². The highest BCUT2D eigenvalue weighted by Crippen LogP contribution is 2.42. The van der Waals surface area contributed by atoms with Gasteiger partial charge in [-0.15, -0.1) is 0 Å². The largest absolute Gasteiger partial charge is 0.389 e. The molecule has 1 rings (SSSR count). The molecule has 0 saturated carbocycles. The Morgan fingerprint density at radius 2 is 2.21 bits per heavy atom. The van der Waals surface area contributed by atoms with Gasteiger partial charge in [0.25, 0.3) is 0 Å². The first-order valence-corrected chi connectivity index (χ1v) is 5.46. The van der Waals surface area contributed by atoms with Crippen LogP contribution in [-0.2, 0) is 4.74 Å². The lowest BCUT2D eigenvalue weighted by molar-refractivity contribution is -0.155. The average molecular weight is 201 g/mol. The van der Waals surface area contributed by atoms with Crippen LogP contribution in [0.2, 0.25) is 0 Å². The topological polar surface area (TPSA) is 55.5 Å². The third-order valence-corrected chi connectivity index (χ3v) is 3.91. The van der Waals surface area contributed by atoms with Crippen LogP contribution < -0.4 is 5.73 Å². The lowest BCUT2D eigenvalue weighted by Crippen LogP contribution is -2.57. The third-order valence-electron chi connectivity index (χ3n) is 3.91. The molecular weight excluding hydrogens is 178 g/mol. The molecule has 1 saturated heterocycles. The predicted octanol–water partition coefficient (Wildman–Crippen LogP) is 1.15. The summed E-state index contributed by atoms with van der Waals surface area (Å²) < 4.78 is 5.47. The summed E-state index contributed by atoms with van der Waals surface area (Å²) in [4.78, 5) is 0. The molecule has 3 nitrogen and oxygen atoms in total. The molecule has 2 unspecified atom stereocenters. The van der Waals surface area contributed by atoms with Gasteiger partial charge in [-0.25, -0.2) is 0 Å². The molecule has 84 valence electrons. The summed E-state index contributed by atoms with van der Waals surface area (Å²) in [7, 11) is 0.